The van der Waals surface area contributed by atoms with Gasteiger partial charge in [-0.1, -0.05) is 6.07 Å². The van der Waals surface area contributed by atoms with Crippen LogP contribution in [0, 0.1) is 12.7 Å². The Kier molecular flexibility index (Phi) is 5.97. The zero-order valence-electron chi connectivity index (χ0n) is 13.9. The van der Waals surface area contributed by atoms with Gasteiger partial charge in [0.2, 0.25) is 10.0 Å². The minimum Gasteiger partial charge on any atom is -0.492 e. The first-order chi connectivity index (χ1) is 11.8. The molecule has 0 aliphatic carbocycles. The van der Waals surface area contributed by atoms with Gasteiger partial charge in [-0.15, -0.1) is 0 Å². The number of amides is 1. The summed E-state index contributed by atoms with van der Waals surface area (Å²) in [4.78, 5) is 12.2. The van der Waals surface area contributed by atoms with Gasteiger partial charge in [0.15, 0.2) is 0 Å². The quantitative estimate of drug-likeness (QED) is 0.737. The summed E-state index contributed by atoms with van der Waals surface area (Å²) in [6, 6.07) is 10.4. The molecule has 0 spiro atoms. The van der Waals surface area contributed by atoms with Crippen LogP contribution in [0.25, 0.3) is 0 Å². The molecule has 0 aliphatic rings. The van der Waals surface area contributed by atoms with Gasteiger partial charge in [-0.05, 0) is 48.9 Å². The number of nitrogens with one attached hydrogen (secondary N) is 2. The van der Waals surface area contributed by atoms with Gasteiger partial charge in [0, 0.05) is 5.56 Å². The number of rotatable bonds is 7. The molecule has 134 valence electrons. The number of sulfonamides is 1. The summed E-state index contributed by atoms with van der Waals surface area (Å²) in [6.07, 6.45) is 1.05. The fraction of sp³-hybridized carbons (Fsp3) is 0.235. The molecule has 6 nitrogen and oxygen atoms in total. The lowest BCUT2D eigenvalue weighted by molar-refractivity contribution is 0.0946. The van der Waals surface area contributed by atoms with E-state index in [-0.39, 0.29) is 24.9 Å². The Labute approximate surface area is 146 Å². The highest BCUT2D eigenvalue weighted by atomic mass is 32.2. The number of halogens is 1. The van der Waals surface area contributed by atoms with Crippen molar-refractivity contribution in [3.63, 3.8) is 0 Å². The van der Waals surface area contributed by atoms with E-state index in [0.717, 1.165) is 6.26 Å². The van der Waals surface area contributed by atoms with Crippen molar-refractivity contribution in [1.29, 1.82) is 0 Å². The number of carbonyl (C=O) groups excluding carboxylic acids is 1. The van der Waals surface area contributed by atoms with E-state index in [1.165, 1.54) is 24.3 Å². The first-order valence-electron chi connectivity index (χ1n) is 7.50. The predicted molar refractivity (Wildman–Crippen MR) is 93.9 cm³/mol. The lowest BCUT2D eigenvalue weighted by atomic mass is 10.1. The smallest absolute Gasteiger partial charge is 0.251 e. The Hall–Kier alpha value is -2.61. The van der Waals surface area contributed by atoms with Crippen LogP contribution in [0.1, 0.15) is 15.9 Å². The van der Waals surface area contributed by atoms with Crippen LogP contribution in [0.4, 0.5) is 10.1 Å². The number of ether oxygens (including phenoxy) is 1. The van der Waals surface area contributed by atoms with Gasteiger partial charge in [-0.3, -0.25) is 9.52 Å². The molecule has 25 heavy (non-hydrogen) atoms. The van der Waals surface area contributed by atoms with Crippen molar-refractivity contribution in [3.8, 4) is 5.75 Å². The van der Waals surface area contributed by atoms with Crippen molar-refractivity contribution in [3.05, 3.63) is 59.4 Å². The van der Waals surface area contributed by atoms with Gasteiger partial charge in [0.25, 0.3) is 5.91 Å². The molecule has 0 aromatic heterocycles. The van der Waals surface area contributed by atoms with Crippen LogP contribution in [-0.2, 0) is 10.0 Å². The Morgan fingerprint density at radius 3 is 2.48 bits per heavy atom. The normalized spacial score (nSPS) is 11.0. The van der Waals surface area contributed by atoms with E-state index in [1.54, 1.807) is 25.1 Å². The number of anilines is 1. The van der Waals surface area contributed by atoms with Crippen molar-refractivity contribution < 1.29 is 22.3 Å². The molecule has 0 saturated heterocycles. The highest BCUT2D eigenvalue weighted by Gasteiger charge is 2.13. The summed E-state index contributed by atoms with van der Waals surface area (Å²) in [5, 5.41) is 2.70. The average molecular weight is 366 g/mol. The number of hydrogen-bond donors (Lipinski definition) is 2. The van der Waals surface area contributed by atoms with E-state index in [1.807, 2.05) is 0 Å². The summed E-state index contributed by atoms with van der Waals surface area (Å²) in [7, 11) is -3.43. The van der Waals surface area contributed by atoms with Gasteiger partial charge >= 0.3 is 0 Å². The summed E-state index contributed by atoms with van der Waals surface area (Å²) >= 11 is 0. The second-order valence-electron chi connectivity index (χ2n) is 5.41. The van der Waals surface area contributed by atoms with E-state index in [0.29, 0.717) is 22.6 Å². The van der Waals surface area contributed by atoms with Crippen LogP contribution in [-0.4, -0.2) is 33.7 Å². The average Bonchev–Trinajstić information content (AvgIpc) is 2.54. The summed E-state index contributed by atoms with van der Waals surface area (Å²) in [5.74, 6) is -0.178. The van der Waals surface area contributed by atoms with Crippen LogP contribution in [0.15, 0.2) is 42.5 Å². The van der Waals surface area contributed by atoms with Gasteiger partial charge in [-0.25, -0.2) is 12.8 Å². The van der Waals surface area contributed by atoms with Gasteiger partial charge in [0.05, 0.1) is 18.5 Å². The van der Waals surface area contributed by atoms with E-state index in [4.69, 9.17) is 4.74 Å². The summed E-state index contributed by atoms with van der Waals surface area (Å²) < 4.78 is 43.3. The molecule has 0 radical (unpaired) electrons. The molecule has 2 aromatic rings. The van der Waals surface area contributed by atoms with Gasteiger partial charge in [-0.2, -0.15) is 0 Å². The minimum absolute atomic E-state index is 0.220. The largest absolute Gasteiger partial charge is 0.492 e. The third kappa shape index (κ3) is 5.75. The molecule has 0 aliphatic heterocycles. The Bertz CT molecular complexity index is 851. The first kappa shape index (κ1) is 18.7. The zero-order valence-corrected chi connectivity index (χ0v) is 14.7. The SMILES string of the molecule is Cc1c(NS(C)(=O)=O)cccc1C(=O)NCCOc1ccc(F)cc1. The lowest BCUT2D eigenvalue weighted by Gasteiger charge is -2.12. The Morgan fingerprint density at radius 2 is 1.84 bits per heavy atom. The van der Waals surface area contributed by atoms with Gasteiger partial charge in [0.1, 0.15) is 18.2 Å². The molecule has 2 N–H and O–H groups in total. The number of benzene rings is 2. The topological polar surface area (TPSA) is 84.5 Å². The molecule has 2 rings (SSSR count). The van der Waals surface area contributed by atoms with E-state index in [9.17, 15) is 17.6 Å². The molecule has 0 saturated carbocycles. The van der Waals surface area contributed by atoms with Crippen LogP contribution >= 0.6 is 0 Å². The molecular formula is C17H19FN2O4S. The van der Waals surface area contributed by atoms with E-state index in [2.05, 4.69) is 10.0 Å². The van der Waals surface area contributed by atoms with Crippen LogP contribution in [0.5, 0.6) is 5.75 Å². The predicted octanol–water partition coefficient (Wildman–Crippen LogP) is 2.31. The molecule has 0 atom stereocenters. The standard InChI is InChI=1S/C17H19FN2O4S/c1-12-15(4-3-5-16(12)20-25(2,22)23)17(21)19-10-11-24-14-8-6-13(18)7-9-14/h3-9,20H,10-11H2,1-2H3,(H,19,21). The third-order valence-corrected chi connectivity index (χ3v) is 3.93. The Morgan fingerprint density at radius 1 is 1.16 bits per heavy atom. The maximum atomic E-state index is 12.8. The second kappa shape index (κ2) is 7.98. The molecule has 0 heterocycles. The van der Waals surface area contributed by atoms with E-state index < -0.39 is 10.0 Å². The van der Waals surface area contributed by atoms with Crippen molar-refractivity contribution in [2.45, 2.75) is 6.92 Å². The molecular weight excluding hydrogens is 347 g/mol. The zero-order chi connectivity index (χ0) is 18.4. The van der Waals surface area contributed by atoms with Crippen LogP contribution < -0.4 is 14.8 Å². The fourth-order valence-corrected chi connectivity index (χ4v) is 2.77. The van der Waals surface area contributed by atoms with Crippen molar-refractivity contribution >= 4 is 21.6 Å². The summed E-state index contributed by atoms with van der Waals surface area (Å²) in [5.41, 5.74) is 1.26. The van der Waals surface area contributed by atoms with E-state index >= 15 is 0 Å². The molecule has 1 amide bonds. The van der Waals surface area contributed by atoms with Crippen molar-refractivity contribution in [2.24, 2.45) is 0 Å². The number of carbonyl (C=O) groups is 1. The molecule has 0 bridgehead atoms. The van der Waals surface area contributed by atoms with Crippen molar-refractivity contribution in [2.75, 3.05) is 24.1 Å². The third-order valence-electron chi connectivity index (χ3n) is 3.34. The first-order valence-corrected chi connectivity index (χ1v) is 9.39. The van der Waals surface area contributed by atoms with Crippen LogP contribution in [0.2, 0.25) is 0 Å². The van der Waals surface area contributed by atoms with Crippen molar-refractivity contribution in [1.82, 2.24) is 5.32 Å². The molecule has 0 fully saturated rings. The maximum absolute atomic E-state index is 12.8. The molecule has 0 unspecified atom stereocenters. The fourth-order valence-electron chi connectivity index (χ4n) is 2.15. The highest BCUT2D eigenvalue weighted by Crippen LogP contribution is 2.19. The molecule has 8 heteroatoms. The Balaban J connectivity index is 1.92. The lowest BCUT2D eigenvalue weighted by Crippen LogP contribution is -2.29. The highest BCUT2D eigenvalue weighted by molar-refractivity contribution is 7.92. The molecule has 2 aromatic carbocycles. The van der Waals surface area contributed by atoms with Crippen LogP contribution in [0.3, 0.4) is 0 Å². The number of hydrogen-bond acceptors (Lipinski definition) is 4. The second-order valence-corrected chi connectivity index (χ2v) is 7.16. The maximum Gasteiger partial charge on any atom is 0.251 e. The summed E-state index contributed by atoms with van der Waals surface area (Å²) in [6.45, 7) is 2.13. The van der Waals surface area contributed by atoms with Gasteiger partial charge < -0.3 is 10.1 Å². The monoisotopic (exact) mass is 366 g/mol. The minimum atomic E-state index is -3.43.